The molecule has 0 fully saturated rings. The fourth-order valence-electron chi connectivity index (χ4n) is 1.56. The number of rotatable bonds is 0. The van der Waals surface area contributed by atoms with Crippen molar-refractivity contribution in [2.24, 2.45) is 0 Å². The van der Waals surface area contributed by atoms with E-state index in [1.807, 2.05) is 24.3 Å². The molecular formula is C16H14. The Morgan fingerprint density at radius 1 is 0.625 bits per heavy atom. The highest BCUT2D eigenvalue weighted by atomic mass is 14.0. The van der Waals surface area contributed by atoms with Crippen LogP contribution >= 0.6 is 0 Å². The van der Waals surface area contributed by atoms with Crippen molar-refractivity contribution in [3.63, 3.8) is 0 Å². The Bertz CT molecular complexity index is 504. The Kier molecular flexibility index (Phi) is 3.08. The molecule has 0 spiro atoms. The van der Waals surface area contributed by atoms with E-state index in [1.54, 1.807) is 0 Å². The summed E-state index contributed by atoms with van der Waals surface area (Å²) < 4.78 is 0. The molecule has 2 rings (SSSR count). The lowest BCUT2D eigenvalue weighted by molar-refractivity contribution is 1.42. The van der Waals surface area contributed by atoms with Gasteiger partial charge < -0.3 is 0 Å². The summed E-state index contributed by atoms with van der Waals surface area (Å²) in [4.78, 5) is 0. The van der Waals surface area contributed by atoms with Crippen molar-refractivity contribution in [3.8, 4) is 11.8 Å². The predicted octanol–water partition coefficient (Wildman–Crippen LogP) is 3.70. The number of aryl methyl sites for hydroxylation is 2. The monoisotopic (exact) mass is 206 g/mol. The number of benzene rings is 2. The lowest BCUT2D eigenvalue weighted by Gasteiger charge is -1.97. The van der Waals surface area contributed by atoms with Crippen LogP contribution in [0, 0.1) is 25.7 Å². The van der Waals surface area contributed by atoms with Gasteiger partial charge >= 0.3 is 0 Å². The molecule has 0 aromatic heterocycles. The summed E-state index contributed by atoms with van der Waals surface area (Å²) in [6, 6.07) is 16.4. The van der Waals surface area contributed by atoms with E-state index < -0.39 is 0 Å². The molecule has 0 aliphatic carbocycles. The van der Waals surface area contributed by atoms with Gasteiger partial charge in [0.1, 0.15) is 0 Å². The van der Waals surface area contributed by atoms with E-state index in [9.17, 15) is 0 Å². The minimum absolute atomic E-state index is 1.10. The first-order valence-corrected chi connectivity index (χ1v) is 5.40. The zero-order valence-electron chi connectivity index (χ0n) is 9.62. The molecule has 0 N–H and O–H groups in total. The molecule has 16 heavy (non-hydrogen) atoms. The van der Waals surface area contributed by atoms with Crippen molar-refractivity contribution in [1.29, 1.82) is 0 Å². The second-order valence-electron chi connectivity index (χ2n) is 3.88. The Labute approximate surface area is 96.9 Å². The summed E-state index contributed by atoms with van der Waals surface area (Å²) in [5.74, 6) is 6.44. The molecule has 0 aliphatic heterocycles. The van der Waals surface area contributed by atoms with E-state index in [4.69, 9.17) is 0 Å². The van der Waals surface area contributed by atoms with Gasteiger partial charge in [0.15, 0.2) is 0 Å². The van der Waals surface area contributed by atoms with Crippen molar-refractivity contribution < 1.29 is 0 Å². The molecule has 2 aromatic carbocycles. The van der Waals surface area contributed by atoms with E-state index >= 15 is 0 Å². The molecule has 0 heterocycles. The van der Waals surface area contributed by atoms with Crippen LogP contribution in [0.25, 0.3) is 0 Å². The molecular weight excluding hydrogens is 192 g/mol. The smallest absolute Gasteiger partial charge is 0.0278 e. The van der Waals surface area contributed by atoms with Crippen molar-refractivity contribution in [1.82, 2.24) is 0 Å². The van der Waals surface area contributed by atoms with E-state index in [0.29, 0.717) is 0 Å². The molecule has 0 aliphatic rings. The van der Waals surface area contributed by atoms with Gasteiger partial charge in [-0.25, -0.2) is 0 Å². The molecule has 0 atom stereocenters. The summed E-state index contributed by atoms with van der Waals surface area (Å²) in [5, 5.41) is 0. The van der Waals surface area contributed by atoms with Crippen LogP contribution in [-0.2, 0) is 0 Å². The van der Waals surface area contributed by atoms with Gasteiger partial charge in [-0.3, -0.25) is 0 Å². The van der Waals surface area contributed by atoms with Crippen LogP contribution in [0.1, 0.15) is 22.3 Å². The van der Waals surface area contributed by atoms with Crippen LogP contribution in [0.15, 0.2) is 48.5 Å². The first-order valence-electron chi connectivity index (χ1n) is 5.40. The molecule has 0 unspecified atom stereocenters. The van der Waals surface area contributed by atoms with E-state index in [-0.39, 0.29) is 0 Å². The molecule has 78 valence electrons. The third kappa shape index (κ3) is 2.32. The molecule has 2 aromatic rings. The topological polar surface area (TPSA) is 0 Å². The number of hydrogen-bond acceptors (Lipinski definition) is 0. The SMILES string of the molecule is Cc1ccccc1C#Cc1ccccc1C. The first kappa shape index (κ1) is 10.5. The Hall–Kier alpha value is -2.00. The highest BCUT2D eigenvalue weighted by molar-refractivity contribution is 5.48. The molecule has 0 amide bonds. The van der Waals surface area contributed by atoms with Crippen LogP contribution in [0.4, 0.5) is 0 Å². The van der Waals surface area contributed by atoms with E-state index in [2.05, 4.69) is 50.0 Å². The van der Waals surface area contributed by atoms with Crippen molar-refractivity contribution in [2.75, 3.05) is 0 Å². The zero-order chi connectivity index (χ0) is 11.4. The number of hydrogen-bond donors (Lipinski definition) is 0. The molecule has 0 bridgehead atoms. The van der Waals surface area contributed by atoms with E-state index in [0.717, 1.165) is 11.1 Å². The fraction of sp³-hybridized carbons (Fsp3) is 0.125. The lowest BCUT2D eigenvalue weighted by atomic mass is 10.1. The quantitative estimate of drug-likeness (QED) is 0.576. The molecule has 0 radical (unpaired) electrons. The Morgan fingerprint density at radius 3 is 1.38 bits per heavy atom. The zero-order valence-corrected chi connectivity index (χ0v) is 9.62. The van der Waals surface area contributed by atoms with Gasteiger partial charge in [-0.1, -0.05) is 48.2 Å². The fourth-order valence-corrected chi connectivity index (χ4v) is 1.56. The maximum atomic E-state index is 3.22. The second-order valence-corrected chi connectivity index (χ2v) is 3.88. The Morgan fingerprint density at radius 2 is 1.00 bits per heavy atom. The van der Waals surface area contributed by atoms with Crippen molar-refractivity contribution in [3.05, 3.63) is 70.8 Å². The summed E-state index contributed by atoms with van der Waals surface area (Å²) >= 11 is 0. The van der Waals surface area contributed by atoms with Crippen LogP contribution < -0.4 is 0 Å². The summed E-state index contributed by atoms with van der Waals surface area (Å²) in [7, 11) is 0. The van der Waals surface area contributed by atoms with Crippen LogP contribution in [-0.4, -0.2) is 0 Å². The summed E-state index contributed by atoms with van der Waals surface area (Å²) in [5.41, 5.74) is 4.66. The van der Waals surface area contributed by atoms with Gasteiger partial charge in [0, 0.05) is 11.1 Å². The normalized spacial score (nSPS) is 9.38. The van der Waals surface area contributed by atoms with Gasteiger partial charge in [-0.15, -0.1) is 0 Å². The van der Waals surface area contributed by atoms with Crippen LogP contribution in [0.5, 0.6) is 0 Å². The van der Waals surface area contributed by atoms with E-state index in [1.165, 1.54) is 11.1 Å². The summed E-state index contributed by atoms with van der Waals surface area (Å²) in [6.45, 7) is 4.17. The summed E-state index contributed by atoms with van der Waals surface area (Å²) in [6.07, 6.45) is 0. The van der Waals surface area contributed by atoms with Crippen molar-refractivity contribution in [2.45, 2.75) is 13.8 Å². The highest BCUT2D eigenvalue weighted by Crippen LogP contribution is 2.07. The van der Waals surface area contributed by atoms with Gasteiger partial charge in [0.25, 0.3) is 0 Å². The maximum absolute atomic E-state index is 3.22. The first-order chi connectivity index (χ1) is 7.77. The third-order valence-electron chi connectivity index (χ3n) is 2.62. The average molecular weight is 206 g/mol. The van der Waals surface area contributed by atoms with Crippen LogP contribution in [0.2, 0.25) is 0 Å². The standard InChI is InChI=1S/C16H14/c1-13-7-3-5-9-15(13)11-12-16-10-6-4-8-14(16)2/h3-10H,1-2H3. The third-order valence-corrected chi connectivity index (χ3v) is 2.62. The Balaban J connectivity index is 2.36. The van der Waals surface area contributed by atoms with Crippen LogP contribution in [0.3, 0.4) is 0 Å². The van der Waals surface area contributed by atoms with Crippen molar-refractivity contribution >= 4 is 0 Å². The van der Waals surface area contributed by atoms with Gasteiger partial charge in [0.2, 0.25) is 0 Å². The molecule has 0 saturated carbocycles. The second kappa shape index (κ2) is 4.68. The predicted molar refractivity (Wildman–Crippen MR) is 68.3 cm³/mol. The average Bonchev–Trinajstić information content (AvgIpc) is 2.30. The molecule has 0 heteroatoms. The van der Waals surface area contributed by atoms with Gasteiger partial charge in [-0.05, 0) is 37.1 Å². The van der Waals surface area contributed by atoms with Gasteiger partial charge in [0.05, 0.1) is 0 Å². The molecule has 0 nitrogen and oxygen atoms in total. The lowest BCUT2D eigenvalue weighted by Crippen LogP contribution is -1.82. The minimum Gasteiger partial charge on any atom is -0.0619 e. The highest BCUT2D eigenvalue weighted by Gasteiger charge is 1.93. The minimum atomic E-state index is 1.10. The molecule has 0 saturated heterocycles. The maximum Gasteiger partial charge on any atom is 0.0278 e. The largest absolute Gasteiger partial charge is 0.0619 e. The van der Waals surface area contributed by atoms with Gasteiger partial charge in [-0.2, -0.15) is 0 Å².